The van der Waals surface area contributed by atoms with Crippen LogP contribution in [-0.2, 0) is 27.5 Å². The van der Waals surface area contributed by atoms with E-state index in [-0.39, 0.29) is 35.5 Å². The van der Waals surface area contributed by atoms with E-state index < -0.39 is 39.3 Å². The number of aromatic nitrogens is 2. The highest BCUT2D eigenvalue weighted by Gasteiger charge is 2.41. The second-order valence-corrected chi connectivity index (χ2v) is 11.9. The Morgan fingerprint density at radius 1 is 1.17 bits per heavy atom. The van der Waals surface area contributed by atoms with Crippen molar-refractivity contribution in [1.29, 1.82) is 0 Å². The van der Waals surface area contributed by atoms with Crippen molar-refractivity contribution in [3.63, 3.8) is 0 Å². The molecule has 13 heteroatoms. The van der Waals surface area contributed by atoms with E-state index in [1.54, 1.807) is 44.3 Å². The molecule has 1 aromatic carbocycles. The molecule has 0 saturated carbocycles. The largest absolute Gasteiger partial charge is 0.443 e. The van der Waals surface area contributed by atoms with Crippen LogP contribution >= 0.6 is 0 Å². The Morgan fingerprint density at radius 2 is 1.93 bits per heavy atom. The topological polar surface area (TPSA) is 115 Å². The Morgan fingerprint density at radius 3 is 2.59 bits per heavy atom. The van der Waals surface area contributed by atoms with Crippen LogP contribution in [0.4, 0.5) is 13.2 Å². The monoisotopic (exact) mass is 588 g/mol. The maximum atomic E-state index is 13.4. The fourth-order valence-corrected chi connectivity index (χ4v) is 6.45. The summed E-state index contributed by atoms with van der Waals surface area (Å²) in [4.78, 5) is 30.1. The van der Waals surface area contributed by atoms with Gasteiger partial charge in [-0.2, -0.15) is 17.5 Å². The molecule has 5 rings (SSSR count). The van der Waals surface area contributed by atoms with Crippen LogP contribution in [0.1, 0.15) is 43.9 Å². The second kappa shape index (κ2) is 10.8. The lowest BCUT2D eigenvalue weighted by Crippen LogP contribution is -2.45. The number of carbonyl (C=O) groups is 1. The van der Waals surface area contributed by atoms with E-state index in [9.17, 15) is 31.2 Å². The van der Waals surface area contributed by atoms with Crippen LogP contribution in [0, 0.1) is 0 Å². The van der Waals surface area contributed by atoms with Crippen LogP contribution in [0.15, 0.2) is 75.2 Å². The van der Waals surface area contributed by atoms with Crippen molar-refractivity contribution in [3.05, 3.63) is 82.4 Å². The number of sulfonamides is 1. The average Bonchev–Trinajstić information content (AvgIpc) is 3.60. The van der Waals surface area contributed by atoms with Gasteiger partial charge in [0, 0.05) is 43.0 Å². The SMILES string of the molecule is CC(C)n1cc(CNC(=O)[C@@H]2CCCN2S(=O)(=O)c2cc3ccccc3o2)cc(-c2ccc(C(F)(F)F)cn2)c1=O. The fraction of sp³-hybridized carbons (Fsp3) is 0.321. The lowest BCUT2D eigenvalue weighted by atomic mass is 10.1. The molecule has 1 fully saturated rings. The molecule has 0 spiro atoms. The molecule has 1 aliphatic heterocycles. The number of fused-ring (bicyclic) bond motifs is 1. The van der Waals surface area contributed by atoms with Crippen LogP contribution in [0.5, 0.6) is 0 Å². The third-order valence-corrected chi connectivity index (χ3v) is 8.73. The summed E-state index contributed by atoms with van der Waals surface area (Å²) in [6.45, 7) is 3.65. The molecule has 1 N–H and O–H groups in total. The first-order valence-electron chi connectivity index (χ1n) is 12.9. The summed E-state index contributed by atoms with van der Waals surface area (Å²) in [5, 5.41) is 3.14. The third-order valence-electron chi connectivity index (χ3n) is 6.96. The highest BCUT2D eigenvalue weighted by Crippen LogP contribution is 2.31. The number of nitrogens with zero attached hydrogens (tertiary/aromatic N) is 3. The summed E-state index contributed by atoms with van der Waals surface area (Å²) in [6.07, 6.45) is -1.54. The molecule has 0 bridgehead atoms. The first-order chi connectivity index (χ1) is 19.4. The highest BCUT2D eigenvalue weighted by molar-refractivity contribution is 7.89. The van der Waals surface area contributed by atoms with Gasteiger partial charge in [-0.25, -0.2) is 8.42 Å². The number of furan rings is 1. The number of carbonyl (C=O) groups excluding carboxylic acids is 1. The number of alkyl halides is 3. The number of amides is 1. The van der Waals surface area contributed by atoms with Crippen LogP contribution in [0.3, 0.4) is 0 Å². The summed E-state index contributed by atoms with van der Waals surface area (Å²) in [6, 6.07) is 10.5. The van der Waals surface area contributed by atoms with Gasteiger partial charge >= 0.3 is 6.18 Å². The van der Waals surface area contributed by atoms with Crippen LogP contribution in [-0.4, -0.2) is 40.8 Å². The molecule has 3 aromatic heterocycles. The summed E-state index contributed by atoms with van der Waals surface area (Å²) in [5.41, 5.74) is -0.328. The summed E-state index contributed by atoms with van der Waals surface area (Å²) < 4.78 is 73.8. The molecule has 1 atom stereocenters. The molecule has 1 amide bonds. The minimum atomic E-state index is -4.57. The molecule has 9 nitrogen and oxygen atoms in total. The van der Waals surface area contributed by atoms with Gasteiger partial charge in [-0.3, -0.25) is 14.6 Å². The lowest BCUT2D eigenvalue weighted by molar-refractivity contribution is -0.137. The van der Waals surface area contributed by atoms with Gasteiger partial charge in [-0.1, -0.05) is 18.2 Å². The smallest absolute Gasteiger partial charge is 0.417 e. The fourth-order valence-electron chi connectivity index (χ4n) is 4.84. The normalized spacial score (nSPS) is 16.5. The van der Waals surface area contributed by atoms with Crippen molar-refractivity contribution in [2.24, 2.45) is 0 Å². The Balaban J connectivity index is 1.37. The molecule has 41 heavy (non-hydrogen) atoms. The van der Waals surface area contributed by atoms with Crippen LogP contribution in [0.2, 0.25) is 0 Å². The Kier molecular flexibility index (Phi) is 7.51. The predicted octanol–water partition coefficient (Wildman–Crippen LogP) is 4.73. The van der Waals surface area contributed by atoms with E-state index in [4.69, 9.17) is 4.42 Å². The van der Waals surface area contributed by atoms with Crippen molar-refractivity contribution >= 4 is 26.9 Å². The van der Waals surface area contributed by atoms with Gasteiger partial charge in [-0.15, -0.1) is 0 Å². The third kappa shape index (κ3) is 5.64. The maximum Gasteiger partial charge on any atom is 0.417 e. The van der Waals surface area contributed by atoms with Gasteiger partial charge in [0.15, 0.2) is 0 Å². The Hall–Kier alpha value is -3.97. The zero-order valence-electron chi connectivity index (χ0n) is 22.2. The Labute approximate surface area is 233 Å². The zero-order chi connectivity index (χ0) is 29.5. The van der Waals surface area contributed by atoms with Crippen molar-refractivity contribution in [1.82, 2.24) is 19.2 Å². The predicted molar refractivity (Wildman–Crippen MR) is 144 cm³/mol. The van der Waals surface area contributed by atoms with E-state index in [1.807, 2.05) is 0 Å². The Bertz CT molecular complexity index is 1730. The summed E-state index contributed by atoms with van der Waals surface area (Å²) in [7, 11) is -4.09. The molecule has 0 aliphatic carbocycles. The van der Waals surface area contributed by atoms with Crippen LogP contribution < -0.4 is 10.9 Å². The standard InChI is InChI=1S/C28H27F3N4O5S/c1-17(2)34-16-18(12-21(27(34)37)22-10-9-20(15-32-22)28(29,30)31)14-33-26(36)23-7-5-11-35(23)41(38,39)25-13-19-6-3-4-8-24(19)40-25/h3-4,6,8-10,12-13,15-17,23H,5,7,11,14H2,1-2H3,(H,33,36)/t23-/m0/s1. The molecule has 1 saturated heterocycles. The van der Waals surface area contributed by atoms with E-state index >= 15 is 0 Å². The molecule has 4 heterocycles. The molecule has 4 aromatic rings. The molecular formula is C28H27F3N4O5S. The number of halogens is 3. The highest BCUT2D eigenvalue weighted by atomic mass is 32.2. The second-order valence-electron chi connectivity index (χ2n) is 10.1. The van der Waals surface area contributed by atoms with E-state index in [2.05, 4.69) is 10.3 Å². The van der Waals surface area contributed by atoms with Gasteiger partial charge in [0.05, 0.1) is 16.8 Å². The van der Waals surface area contributed by atoms with Gasteiger partial charge in [0.25, 0.3) is 15.6 Å². The van der Waals surface area contributed by atoms with Crippen molar-refractivity contribution in [3.8, 4) is 11.3 Å². The van der Waals surface area contributed by atoms with Crippen molar-refractivity contribution < 1.29 is 30.8 Å². The number of nitrogens with one attached hydrogen (secondary N) is 1. The van der Waals surface area contributed by atoms with Crippen LogP contribution in [0.25, 0.3) is 22.2 Å². The number of hydrogen-bond donors (Lipinski definition) is 1. The molecular weight excluding hydrogens is 561 g/mol. The van der Waals surface area contributed by atoms with Gasteiger partial charge in [0.2, 0.25) is 11.0 Å². The quantitative estimate of drug-likeness (QED) is 0.334. The van der Waals surface area contributed by atoms with E-state index in [0.717, 1.165) is 16.4 Å². The summed E-state index contributed by atoms with van der Waals surface area (Å²) in [5.74, 6) is -0.515. The van der Waals surface area contributed by atoms with E-state index in [1.165, 1.54) is 16.7 Å². The number of pyridine rings is 2. The minimum absolute atomic E-state index is 0.0471. The molecule has 216 valence electrons. The van der Waals surface area contributed by atoms with Crippen molar-refractivity contribution in [2.45, 2.75) is 56.6 Å². The molecule has 0 radical (unpaired) electrons. The van der Waals surface area contributed by atoms with E-state index in [0.29, 0.717) is 35.6 Å². The maximum absolute atomic E-state index is 13.4. The average molecular weight is 589 g/mol. The summed E-state index contributed by atoms with van der Waals surface area (Å²) >= 11 is 0. The van der Waals surface area contributed by atoms with Gasteiger partial charge in [-0.05, 0) is 56.5 Å². The van der Waals surface area contributed by atoms with Gasteiger partial charge in [0.1, 0.15) is 11.6 Å². The number of rotatable bonds is 7. The van der Waals surface area contributed by atoms with Crippen molar-refractivity contribution in [2.75, 3.05) is 6.54 Å². The minimum Gasteiger partial charge on any atom is -0.443 e. The zero-order valence-corrected chi connectivity index (χ0v) is 23.0. The lowest BCUT2D eigenvalue weighted by Gasteiger charge is -2.22. The van der Waals surface area contributed by atoms with Gasteiger partial charge < -0.3 is 14.3 Å². The molecule has 1 aliphatic rings. The number of benzene rings is 1. The first-order valence-corrected chi connectivity index (χ1v) is 14.4. The number of hydrogen-bond acceptors (Lipinski definition) is 6. The first kappa shape index (κ1) is 28.6. The molecule has 0 unspecified atom stereocenters. The number of para-hydroxylation sites is 1.